The number of halogens is 1. The van der Waals surface area contributed by atoms with E-state index in [1.165, 1.54) is 128 Å². The second kappa shape index (κ2) is 24.7. The van der Waals surface area contributed by atoms with Crippen LogP contribution in [0.1, 0.15) is 159 Å². The molecule has 1 aromatic heterocycles. The molecule has 2 aromatic carbocycles. The van der Waals surface area contributed by atoms with Crippen LogP contribution < -0.4 is 9.80 Å². The van der Waals surface area contributed by atoms with Crippen molar-refractivity contribution in [3.63, 3.8) is 0 Å². The van der Waals surface area contributed by atoms with Crippen molar-refractivity contribution in [2.75, 3.05) is 49.6 Å². The maximum Gasteiger partial charge on any atom is 0.328 e. The highest BCUT2D eigenvalue weighted by atomic mass is 32.1. The van der Waals surface area contributed by atoms with Gasteiger partial charge in [-0.15, -0.1) is 11.3 Å². The van der Waals surface area contributed by atoms with Crippen LogP contribution in [0.15, 0.2) is 41.8 Å². The first-order chi connectivity index (χ1) is 27.5. The third kappa shape index (κ3) is 13.9. The van der Waals surface area contributed by atoms with Gasteiger partial charge in [0.1, 0.15) is 11.9 Å². The smallest absolute Gasteiger partial charge is 0.328 e. The van der Waals surface area contributed by atoms with Gasteiger partial charge in [-0.1, -0.05) is 147 Å². The first-order valence-electron chi connectivity index (χ1n) is 22.6. The van der Waals surface area contributed by atoms with Gasteiger partial charge < -0.3 is 9.64 Å². The van der Waals surface area contributed by atoms with Crippen LogP contribution >= 0.6 is 11.3 Å². The first kappa shape index (κ1) is 44.1. The Labute approximate surface area is 342 Å². The number of carbonyl (C=O) groups is 2. The minimum absolute atomic E-state index is 0.0198. The molecule has 0 spiro atoms. The Morgan fingerprint density at radius 1 is 0.732 bits per heavy atom. The quantitative estimate of drug-likeness (QED) is 0.0569. The summed E-state index contributed by atoms with van der Waals surface area (Å²) in [6.07, 6.45) is 29.4. The number of benzene rings is 2. The Kier molecular flexibility index (Phi) is 19.5. The van der Waals surface area contributed by atoms with Crippen LogP contribution in [0, 0.1) is 5.82 Å². The van der Waals surface area contributed by atoms with Crippen molar-refractivity contribution < 1.29 is 18.7 Å². The lowest BCUT2D eigenvalue weighted by Gasteiger charge is -2.37. The van der Waals surface area contributed by atoms with E-state index in [-0.39, 0.29) is 17.7 Å². The summed E-state index contributed by atoms with van der Waals surface area (Å²) < 4.78 is 20.6. The number of piperazine rings is 1. The molecular weight excluding hydrogens is 718 g/mol. The standard InChI is InChI=1S/C48H72FN3O3S/c1-3-4-5-6-7-8-9-10-11-12-13-14-15-16-17-18-19-20-21-22-23-43(48(54)55-2)52-44-36-39(24-25-40(44)26-27-47(52)53)28-30-50-31-33-51(34-32-50)45-37-41(49)38-46-42(45)29-35-56-46/h24-25,29,35-38,43H,3-23,26-28,30-34H2,1-2H3. The molecule has 1 atom stereocenters. The van der Waals surface area contributed by atoms with Crippen molar-refractivity contribution >= 4 is 44.7 Å². The Morgan fingerprint density at radius 3 is 1.91 bits per heavy atom. The van der Waals surface area contributed by atoms with Gasteiger partial charge >= 0.3 is 5.97 Å². The molecule has 1 amide bonds. The molecule has 56 heavy (non-hydrogen) atoms. The number of unbranched alkanes of at least 4 members (excludes halogenated alkanes) is 19. The number of thiophene rings is 1. The van der Waals surface area contributed by atoms with Gasteiger partial charge in [0.05, 0.1) is 7.11 Å². The molecule has 6 nitrogen and oxygen atoms in total. The summed E-state index contributed by atoms with van der Waals surface area (Å²) in [6, 6.07) is 11.3. The van der Waals surface area contributed by atoms with Crippen molar-refractivity contribution in [2.45, 2.75) is 167 Å². The highest BCUT2D eigenvalue weighted by Crippen LogP contribution is 2.34. The van der Waals surface area contributed by atoms with E-state index in [0.717, 1.165) is 79.0 Å². The van der Waals surface area contributed by atoms with E-state index >= 15 is 0 Å². The molecular formula is C48H72FN3O3S. The van der Waals surface area contributed by atoms with E-state index in [2.05, 4.69) is 41.0 Å². The fraction of sp³-hybridized carbons (Fsp3) is 0.667. The topological polar surface area (TPSA) is 53.1 Å². The maximum absolute atomic E-state index is 14.3. The van der Waals surface area contributed by atoms with Crippen LogP contribution in [0.5, 0.6) is 0 Å². The number of hydrogen-bond donors (Lipinski definition) is 0. The van der Waals surface area contributed by atoms with Crippen LogP contribution in [0.2, 0.25) is 0 Å². The molecule has 1 unspecified atom stereocenters. The van der Waals surface area contributed by atoms with Crippen molar-refractivity contribution in [3.8, 4) is 0 Å². The molecule has 0 bridgehead atoms. The SMILES string of the molecule is CCCCCCCCCCCCCCCCCCCCCCC(C(=O)OC)N1C(=O)CCc2ccc(CCN3CCN(c4cc(F)cc5sccc45)CC3)cc21. The number of methoxy groups -OCH3 is 1. The number of rotatable bonds is 27. The summed E-state index contributed by atoms with van der Waals surface area (Å²) in [6.45, 7) is 6.76. The van der Waals surface area contributed by atoms with Crippen molar-refractivity contribution in [1.29, 1.82) is 0 Å². The number of hydrogen-bond acceptors (Lipinski definition) is 6. The first-order valence-corrected chi connectivity index (χ1v) is 23.5. The molecule has 0 radical (unpaired) electrons. The van der Waals surface area contributed by atoms with Crippen molar-refractivity contribution in [2.24, 2.45) is 0 Å². The van der Waals surface area contributed by atoms with Gasteiger partial charge in [-0.3, -0.25) is 14.6 Å². The molecule has 3 heterocycles. The third-order valence-electron chi connectivity index (χ3n) is 12.3. The van der Waals surface area contributed by atoms with Crippen LogP contribution in [-0.4, -0.2) is 62.7 Å². The van der Waals surface area contributed by atoms with E-state index in [1.807, 2.05) is 5.38 Å². The lowest BCUT2D eigenvalue weighted by Crippen LogP contribution is -2.48. The minimum atomic E-state index is -0.581. The van der Waals surface area contributed by atoms with E-state index < -0.39 is 6.04 Å². The summed E-state index contributed by atoms with van der Waals surface area (Å²) in [7, 11) is 1.44. The van der Waals surface area contributed by atoms with Gasteiger partial charge in [0.15, 0.2) is 0 Å². The Bertz CT molecular complexity index is 1600. The molecule has 2 aliphatic heterocycles. The average Bonchev–Trinajstić information content (AvgIpc) is 3.69. The number of esters is 1. The summed E-state index contributed by atoms with van der Waals surface area (Å²) in [5.41, 5.74) is 4.20. The van der Waals surface area contributed by atoms with Gasteiger partial charge in [0.2, 0.25) is 5.91 Å². The summed E-state index contributed by atoms with van der Waals surface area (Å²) in [5.74, 6) is -0.468. The summed E-state index contributed by atoms with van der Waals surface area (Å²) in [5, 5.41) is 3.17. The zero-order chi connectivity index (χ0) is 39.4. The van der Waals surface area contributed by atoms with E-state index in [4.69, 9.17) is 4.74 Å². The monoisotopic (exact) mass is 790 g/mol. The van der Waals surface area contributed by atoms with Crippen molar-refractivity contribution in [3.05, 3.63) is 58.7 Å². The largest absolute Gasteiger partial charge is 0.467 e. The van der Waals surface area contributed by atoms with Crippen LogP contribution in [0.4, 0.5) is 15.8 Å². The Balaban J connectivity index is 0.978. The highest BCUT2D eigenvalue weighted by molar-refractivity contribution is 7.17. The van der Waals surface area contributed by atoms with Gasteiger partial charge in [0, 0.05) is 60.6 Å². The molecule has 310 valence electrons. The summed E-state index contributed by atoms with van der Waals surface area (Å²) in [4.78, 5) is 33.2. The fourth-order valence-electron chi connectivity index (χ4n) is 8.90. The van der Waals surface area contributed by atoms with Gasteiger partial charge in [-0.25, -0.2) is 9.18 Å². The lowest BCUT2D eigenvalue weighted by atomic mass is 9.95. The number of carbonyl (C=O) groups excluding carboxylic acids is 2. The molecule has 5 rings (SSSR count). The second-order valence-corrected chi connectivity index (χ2v) is 17.6. The zero-order valence-corrected chi connectivity index (χ0v) is 35.8. The van der Waals surface area contributed by atoms with Crippen LogP contribution in [0.25, 0.3) is 10.1 Å². The maximum atomic E-state index is 14.3. The molecule has 0 saturated carbocycles. The zero-order valence-electron chi connectivity index (χ0n) is 35.0. The molecule has 1 saturated heterocycles. The van der Waals surface area contributed by atoms with E-state index in [0.29, 0.717) is 19.3 Å². The number of amides is 1. The summed E-state index contributed by atoms with van der Waals surface area (Å²) >= 11 is 1.59. The minimum Gasteiger partial charge on any atom is -0.467 e. The Morgan fingerprint density at radius 2 is 1.32 bits per heavy atom. The Hall–Kier alpha value is -2.97. The van der Waals surface area contributed by atoms with Crippen molar-refractivity contribution in [1.82, 2.24) is 4.90 Å². The predicted molar refractivity (Wildman–Crippen MR) is 235 cm³/mol. The second-order valence-electron chi connectivity index (χ2n) is 16.6. The average molecular weight is 790 g/mol. The molecule has 2 aliphatic rings. The number of nitrogens with zero attached hydrogens (tertiary/aromatic N) is 3. The van der Waals surface area contributed by atoms with E-state index in [9.17, 15) is 14.0 Å². The van der Waals surface area contributed by atoms with Gasteiger partial charge in [0.25, 0.3) is 0 Å². The van der Waals surface area contributed by atoms with E-state index in [1.54, 1.807) is 28.4 Å². The number of aryl methyl sites for hydroxylation is 1. The fourth-order valence-corrected chi connectivity index (χ4v) is 9.73. The van der Waals surface area contributed by atoms with Crippen LogP contribution in [-0.2, 0) is 27.2 Å². The highest BCUT2D eigenvalue weighted by Gasteiger charge is 2.35. The van der Waals surface area contributed by atoms with Crippen LogP contribution in [0.3, 0.4) is 0 Å². The third-order valence-corrected chi connectivity index (χ3v) is 13.2. The lowest BCUT2D eigenvalue weighted by molar-refractivity contribution is -0.143. The van der Waals surface area contributed by atoms with Gasteiger partial charge in [-0.05, 0) is 60.0 Å². The normalized spacial score (nSPS) is 15.4. The van der Waals surface area contributed by atoms with Gasteiger partial charge in [-0.2, -0.15) is 0 Å². The molecule has 0 aliphatic carbocycles. The number of fused-ring (bicyclic) bond motifs is 2. The molecule has 8 heteroatoms. The molecule has 0 N–H and O–H groups in total. The molecule has 3 aromatic rings. The predicted octanol–water partition coefficient (Wildman–Crippen LogP) is 12.4. The number of ether oxygens (including phenoxy) is 1. The molecule has 1 fully saturated rings. The number of anilines is 2.